The van der Waals surface area contributed by atoms with E-state index in [1.54, 1.807) is 6.20 Å². The Morgan fingerprint density at radius 3 is 2.77 bits per heavy atom. The van der Waals surface area contributed by atoms with Crippen molar-refractivity contribution in [3.63, 3.8) is 0 Å². The van der Waals surface area contributed by atoms with Crippen LogP contribution in [0.15, 0.2) is 42.9 Å². The molecule has 5 nitrogen and oxygen atoms in total. The van der Waals surface area contributed by atoms with Crippen molar-refractivity contribution in [2.24, 2.45) is 5.92 Å². The van der Waals surface area contributed by atoms with Crippen molar-refractivity contribution in [2.75, 3.05) is 11.9 Å². The number of Topliss-reactive ketones (excluding diaryl/α,β-unsaturated/α-hetero) is 1. The van der Waals surface area contributed by atoms with Crippen LogP contribution in [-0.4, -0.2) is 26.7 Å². The molecule has 3 aromatic rings. The molecule has 0 radical (unpaired) electrons. The van der Waals surface area contributed by atoms with Crippen LogP contribution in [0.3, 0.4) is 0 Å². The molecule has 0 unspecified atom stereocenters. The monoisotopic (exact) mass is 348 g/mol. The third kappa shape index (κ3) is 3.47. The van der Waals surface area contributed by atoms with Crippen LogP contribution in [0.4, 0.5) is 5.82 Å². The maximum Gasteiger partial charge on any atom is 0.180 e. The zero-order valence-electron chi connectivity index (χ0n) is 15.1. The number of unbranched alkanes of at least 4 members (excludes halogenated alkanes) is 1. The minimum atomic E-state index is 0.254. The van der Waals surface area contributed by atoms with Gasteiger partial charge in [0.2, 0.25) is 0 Å². The van der Waals surface area contributed by atoms with E-state index < -0.39 is 0 Å². The van der Waals surface area contributed by atoms with Crippen molar-refractivity contribution in [2.45, 2.75) is 39.0 Å². The number of hydrogen-bond donors (Lipinski definition) is 1. The average Bonchev–Trinajstić information content (AvgIpc) is 3.37. The van der Waals surface area contributed by atoms with E-state index in [0.29, 0.717) is 12.3 Å². The molecule has 0 spiro atoms. The molecule has 0 amide bonds. The van der Waals surface area contributed by atoms with Gasteiger partial charge >= 0.3 is 0 Å². The molecule has 1 fully saturated rings. The summed E-state index contributed by atoms with van der Waals surface area (Å²) in [5, 5.41) is 3.36. The normalized spacial score (nSPS) is 13.9. The van der Waals surface area contributed by atoms with E-state index in [4.69, 9.17) is 0 Å². The molecule has 0 saturated heterocycles. The fourth-order valence-electron chi connectivity index (χ4n) is 3.17. The molecule has 1 aliphatic carbocycles. The van der Waals surface area contributed by atoms with Crippen LogP contribution in [0.2, 0.25) is 0 Å². The lowest BCUT2D eigenvalue weighted by Gasteiger charge is -2.07. The van der Waals surface area contributed by atoms with Crippen LogP contribution in [-0.2, 0) is 0 Å². The van der Waals surface area contributed by atoms with E-state index in [1.165, 1.54) is 12.8 Å². The number of nitrogens with one attached hydrogen (secondary N) is 1. The second-order valence-electron chi connectivity index (χ2n) is 7.04. The molecule has 0 aliphatic heterocycles. The number of hydrogen-bond acceptors (Lipinski definition) is 4. The smallest absolute Gasteiger partial charge is 0.180 e. The first kappa shape index (κ1) is 16.8. The second-order valence-corrected chi connectivity index (χ2v) is 7.04. The largest absolute Gasteiger partial charge is 0.367 e. The maximum atomic E-state index is 12.2. The van der Waals surface area contributed by atoms with Gasteiger partial charge in [0.1, 0.15) is 0 Å². The molecule has 1 aromatic carbocycles. The fraction of sp³-hybridized carbons (Fsp3) is 0.381. The minimum absolute atomic E-state index is 0.254. The van der Waals surface area contributed by atoms with Crippen LogP contribution >= 0.6 is 0 Å². The van der Waals surface area contributed by atoms with Gasteiger partial charge in [-0.25, -0.2) is 9.97 Å². The SMILES string of the molecule is CCCCNc1nccn2c(-c3ccc(C(=O)CC4CC4)cc3)cnc12. The maximum absolute atomic E-state index is 12.2. The van der Waals surface area contributed by atoms with E-state index >= 15 is 0 Å². The molecule has 0 atom stereocenters. The Morgan fingerprint density at radius 2 is 2.04 bits per heavy atom. The standard InChI is InChI=1S/C21H24N4O/c1-2-3-10-22-20-21-24-14-18(25(21)12-11-23-20)16-6-8-17(9-7-16)19(26)13-15-4-5-15/h6-9,11-12,14-15H,2-5,10,13H2,1H3,(H,22,23). The number of rotatable bonds is 8. The predicted molar refractivity (Wildman–Crippen MR) is 103 cm³/mol. The first-order valence-electron chi connectivity index (χ1n) is 9.46. The Labute approximate surface area is 153 Å². The third-order valence-corrected chi connectivity index (χ3v) is 4.92. The Balaban J connectivity index is 1.58. The Hall–Kier alpha value is -2.69. The number of anilines is 1. The lowest BCUT2D eigenvalue weighted by Crippen LogP contribution is -2.05. The van der Waals surface area contributed by atoms with E-state index in [9.17, 15) is 4.79 Å². The number of fused-ring (bicyclic) bond motifs is 1. The summed E-state index contributed by atoms with van der Waals surface area (Å²) < 4.78 is 2.04. The van der Waals surface area contributed by atoms with Crippen molar-refractivity contribution >= 4 is 17.2 Å². The summed E-state index contributed by atoms with van der Waals surface area (Å²) in [5.41, 5.74) is 3.68. The molecular weight excluding hydrogens is 324 g/mol. The highest BCUT2D eigenvalue weighted by Crippen LogP contribution is 2.33. The van der Waals surface area contributed by atoms with Crippen molar-refractivity contribution in [1.82, 2.24) is 14.4 Å². The van der Waals surface area contributed by atoms with Crippen molar-refractivity contribution in [3.05, 3.63) is 48.4 Å². The quantitative estimate of drug-likeness (QED) is 0.478. The Bertz CT molecular complexity index is 909. The molecule has 1 saturated carbocycles. The number of ketones is 1. The highest BCUT2D eigenvalue weighted by Gasteiger charge is 2.24. The van der Waals surface area contributed by atoms with Crippen LogP contribution in [0, 0.1) is 5.92 Å². The van der Waals surface area contributed by atoms with Crippen molar-refractivity contribution < 1.29 is 4.79 Å². The topological polar surface area (TPSA) is 59.3 Å². The average molecular weight is 348 g/mol. The van der Waals surface area contributed by atoms with Gasteiger partial charge in [-0.05, 0) is 25.2 Å². The van der Waals surface area contributed by atoms with Crippen LogP contribution < -0.4 is 5.32 Å². The van der Waals surface area contributed by atoms with Crippen LogP contribution in [0.25, 0.3) is 16.9 Å². The zero-order valence-corrected chi connectivity index (χ0v) is 15.1. The summed E-state index contributed by atoms with van der Waals surface area (Å²) >= 11 is 0. The molecule has 4 rings (SSSR count). The number of carbonyl (C=O) groups excluding carboxylic acids is 1. The summed E-state index contributed by atoms with van der Waals surface area (Å²) in [5.74, 6) is 1.68. The molecular formula is C21H24N4O. The van der Waals surface area contributed by atoms with Gasteiger partial charge in [-0.2, -0.15) is 0 Å². The van der Waals surface area contributed by atoms with Gasteiger partial charge in [0.25, 0.3) is 0 Å². The number of carbonyl (C=O) groups is 1. The Kier molecular flexibility index (Phi) is 4.69. The summed E-state index contributed by atoms with van der Waals surface area (Å²) in [7, 11) is 0. The van der Waals surface area contributed by atoms with Gasteiger partial charge < -0.3 is 5.32 Å². The van der Waals surface area contributed by atoms with Gasteiger partial charge in [0.15, 0.2) is 17.2 Å². The van der Waals surface area contributed by atoms with Crippen molar-refractivity contribution in [1.29, 1.82) is 0 Å². The first-order chi connectivity index (χ1) is 12.8. The second kappa shape index (κ2) is 7.28. The first-order valence-corrected chi connectivity index (χ1v) is 9.46. The zero-order chi connectivity index (χ0) is 17.9. The van der Waals surface area contributed by atoms with Crippen LogP contribution in [0.1, 0.15) is 49.4 Å². The predicted octanol–water partition coefficient (Wildman–Crippen LogP) is 4.59. The summed E-state index contributed by atoms with van der Waals surface area (Å²) in [6.07, 6.45) is 10.9. The molecule has 5 heteroatoms. The number of nitrogens with zero attached hydrogens (tertiary/aromatic N) is 3. The molecule has 1 aliphatic rings. The minimum Gasteiger partial charge on any atom is -0.367 e. The molecule has 1 N–H and O–H groups in total. The molecule has 2 heterocycles. The number of aromatic nitrogens is 3. The third-order valence-electron chi connectivity index (χ3n) is 4.92. The number of benzene rings is 1. The number of imidazole rings is 1. The highest BCUT2D eigenvalue weighted by atomic mass is 16.1. The molecule has 26 heavy (non-hydrogen) atoms. The van der Waals surface area contributed by atoms with Crippen molar-refractivity contribution in [3.8, 4) is 11.3 Å². The van der Waals surface area contributed by atoms with E-state index in [-0.39, 0.29) is 5.78 Å². The summed E-state index contributed by atoms with van der Waals surface area (Å²) in [4.78, 5) is 21.2. The van der Waals surface area contributed by atoms with Gasteiger partial charge in [-0.3, -0.25) is 9.20 Å². The molecule has 2 aromatic heterocycles. The van der Waals surface area contributed by atoms with Gasteiger partial charge in [-0.15, -0.1) is 0 Å². The molecule has 134 valence electrons. The summed E-state index contributed by atoms with van der Waals surface area (Å²) in [6.45, 7) is 3.06. The van der Waals surface area contributed by atoms with Gasteiger partial charge in [0, 0.05) is 36.5 Å². The van der Waals surface area contributed by atoms with E-state index in [1.807, 2.05) is 41.1 Å². The van der Waals surface area contributed by atoms with Crippen LogP contribution in [0.5, 0.6) is 0 Å². The van der Waals surface area contributed by atoms with E-state index in [0.717, 1.165) is 47.7 Å². The fourth-order valence-corrected chi connectivity index (χ4v) is 3.17. The Morgan fingerprint density at radius 1 is 1.23 bits per heavy atom. The van der Waals surface area contributed by atoms with Gasteiger partial charge in [-0.1, -0.05) is 37.6 Å². The van der Waals surface area contributed by atoms with E-state index in [2.05, 4.69) is 22.2 Å². The lowest BCUT2D eigenvalue weighted by atomic mass is 10.0. The summed E-state index contributed by atoms with van der Waals surface area (Å²) in [6, 6.07) is 7.88. The highest BCUT2D eigenvalue weighted by molar-refractivity contribution is 5.96. The van der Waals surface area contributed by atoms with Gasteiger partial charge in [0.05, 0.1) is 11.9 Å². The molecule has 0 bridgehead atoms. The lowest BCUT2D eigenvalue weighted by molar-refractivity contribution is 0.0976.